The zero-order valence-corrected chi connectivity index (χ0v) is 29.5. The molecular weight excluding hydrogens is 657 g/mol. The van der Waals surface area contributed by atoms with Crippen LogP contribution in [0.25, 0.3) is 66.9 Å². The van der Waals surface area contributed by atoms with E-state index in [0.717, 1.165) is 51.4 Å². The van der Waals surface area contributed by atoms with Crippen molar-refractivity contribution in [1.82, 2.24) is 9.97 Å². The number of nitrogens with zero attached hydrogens (tertiary/aromatic N) is 2. The van der Waals surface area contributed by atoms with E-state index in [1.165, 1.54) is 44.2 Å². The van der Waals surface area contributed by atoms with E-state index in [1.807, 2.05) is 18.2 Å². The predicted molar refractivity (Wildman–Crippen MR) is 219 cm³/mol. The number of allylic oxidation sites excluding steroid dienone is 2. The van der Waals surface area contributed by atoms with Crippen molar-refractivity contribution in [3.63, 3.8) is 0 Å². The maximum Gasteiger partial charge on any atom is 0.160 e. The Labute approximate surface area is 314 Å². The van der Waals surface area contributed by atoms with E-state index < -0.39 is 5.41 Å². The van der Waals surface area contributed by atoms with Gasteiger partial charge in [-0.15, -0.1) is 0 Å². The van der Waals surface area contributed by atoms with Crippen LogP contribution in [0.1, 0.15) is 23.1 Å². The second kappa shape index (κ2) is 12.1. The fourth-order valence-electron chi connectivity index (χ4n) is 9.10. The second-order valence-corrected chi connectivity index (χ2v) is 14.4. The zero-order chi connectivity index (χ0) is 35.6. The predicted octanol–water partition coefficient (Wildman–Crippen LogP) is 12.3. The van der Waals surface area contributed by atoms with Gasteiger partial charge in [-0.05, 0) is 67.9 Å². The Balaban J connectivity index is 1.06. The largest absolute Gasteiger partial charge is 0.485 e. The molecule has 1 unspecified atom stereocenters. The van der Waals surface area contributed by atoms with E-state index in [-0.39, 0.29) is 6.10 Å². The minimum absolute atomic E-state index is 0.0480. The van der Waals surface area contributed by atoms with Gasteiger partial charge in [0.1, 0.15) is 11.9 Å². The Morgan fingerprint density at radius 2 is 1.15 bits per heavy atom. The van der Waals surface area contributed by atoms with Crippen LogP contribution in [-0.2, 0) is 5.41 Å². The third-order valence-electron chi connectivity index (χ3n) is 11.5. The van der Waals surface area contributed by atoms with Crippen LogP contribution in [0, 0.1) is 0 Å². The summed E-state index contributed by atoms with van der Waals surface area (Å²) in [5.41, 5.74) is 14.5. The SMILES string of the molecule is C1=CCC2Oc3cc(-c4cccc(-c5cc(-c6cccc7ccccc67)nc(-c6ccccc6)n5)c4)ccc3C3(C2=C1)c1ccccc1-c1ccccc13. The molecule has 0 fully saturated rings. The Morgan fingerprint density at radius 1 is 0.500 bits per heavy atom. The van der Waals surface area contributed by atoms with Crippen LogP contribution in [0.15, 0.2) is 194 Å². The molecule has 1 aromatic heterocycles. The lowest BCUT2D eigenvalue weighted by atomic mass is 9.63. The monoisotopic (exact) mass is 690 g/mol. The summed E-state index contributed by atoms with van der Waals surface area (Å²) in [5.74, 6) is 1.64. The highest BCUT2D eigenvalue weighted by Gasteiger charge is 2.53. The number of ether oxygens (including phenoxy) is 1. The summed E-state index contributed by atoms with van der Waals surface area (Å²) in [6.07, 6.45) is 7.52. The summed E-state index contributed by atoms with van der Waals surface area (Å²) in [4.78, 5) is 10.3. The number of benzene rings is 7. The lowest BCUT2D eigenvalue weighted by Gasteiger charge is -2.45. The van der Waals surface area contributed by atoms with Gasteiger partial charge in [-0.2, -0.15) is 0 Å². The van der Waals surface area contributed by atoms with E-state index >= 15 is 0 Å². The van der Waals surface area contributed by atoms with Gasteiger partial charge >= 0.3 is 0 Å². The van der Waals surface area contributed by atoms with E-state index in [2.05, 4.69) is 170 Å². The molecule has 0 radical (unpaired) electrons. The molecule has 7 aromatic carbocycles. The maximum atomic E-state index is 6.95. The van der Waals surface area contributed by atoms with Crippen molar-refractivity contribution in [2.45, 2.75) is 17.9 Å². The minimum atomic E-state index is -0.413. The average Bonchev–Trinajstić information content (AvgIpc) is 3.54. The molecule has 2 heterocycles. The highest BCUT2D eigenvalue weighted by Crippen LogP contribution is 2.61. The van der Waals surface area contributed by atoms with E-state index in [0.29, 0.717) is 5.82 Å². The average molecular weight is 691 g/mol. The second-order valence-electron chi connectivity index (χ2n) is 14.4. The van der Waals surface area contributed by atoms with Crippen LogP contribution in [0.2, 0.25) is 0 Å². The summed E-state index contributed by atoms with van der Waals surface area (Å²) < 4.78 is 6.95. The molecule has 8 aromatic rings. The van der Waals surface area contributed by atoms with Gasteiger partial charge in [-0.25, -0.2) is 9.97 Å². The zero-order valence-electron chi connectivity index (χ0n) is 29.5. The van der Waals surface area contributed by atoms with Crippen molar-refractivity contribution in [1.29, 1.82) is 0 Å². The fraction of sp³-hybridized carbons (Fsp3) is 0.0588. The molecule has 0 amide bonds. The summed E-state index contributed by atoms with van der Waals surface area (Å²) in [6, 6.07) is 60.7. The summed E-state index contributed by atoms with van der Waals surface area (Å²) >= 11 is 0. The standard InChI is InChI=1S/C51H34N2O/c1-2-15-34(16-3-1)50-52-46(32-47(53-50)41-23-13-17-33-14-4-5-20-38(33)41)37-19-12-18-35(30-37)36-28-29-45-49(31-36)54-48-27-11-10-26-44(48)51(45)42-24-8-6-21-39(42)40-22-7-9-25-43(40)51/h1-26,28-32,48H,27H2. The molecule has 3 nitrogen and oxygen atoms in total. The summed E-state index contributed by atoms with van der Waals surface area (Å²) in [5, 5.41) is 2.36. The Hall–Kier alpha value is -6.84. The molecule has 0 saturated heterocycles. The van der Waals surface area contributed by atoms with Crippen molar-refractivity contribution in [3.8, 4) is 61.9 Å². The first-order valence-corrected chi connectivity index (χ1v) is 18.7. The molecule has 0 N–H and O–H groups in total. The van der Waals surface area contributed by atoms with Crippen molar-refractivity contribution in [2.75, 3.05) is 0 Å². The smallest absolute Gasteiger partial charge is 0.160 e. The molecule has 11 rings (SSSR count). The molecule has 1 atom stereocenters. The third kappa shape index (κ3) is 4.61. The number of hydrogen-bond acceptors (Lipinski definition) is 3. The van der Waals surface area contributed by atoms with Crippen molar-refractivity contribution < 1.29 is 4.74 Å². The molecule has 2 aliphatic carbocycles. The molecule has 0 saturated carbocycles. The Morgan fingerprint density at radius 3 is 2.00 bits per heavy atom. The first-order chi connectivity index (χ1) is 26.8. The van der Waals surface area contributed by atoms with Crippen LogP contribution in [0.5, 0.6) is 5.75 Å². The third-order valence-corrected chi connectivity index (χ3v) is 11.5. The highest BCUT2D eigenvalue weighted by molar-refractivity contribution is 5.96. The van der Waals surface area contributed by atoms with Crippen LogP contribution < -0.4 is 4.74 Å². The van der Waals surface area contributed by atoms with Crippen molar-refractivity contribution in [3.05, 3.63) is 210 Å². The lowest BCUT2D eigenvalue weighted by Crippen LogP contribution is -2.42. The Bertz CT molecular complexity index is 2800. The minimum Gasteiger partial charge on any atom is -0.485 e. The van der Waals surface area contributed by atoms with E-state index in [4.69, 9.17) is 14.7 Å². The van der Waals surface area contributed by atoms with Gasteiger partial charge in [0.2, 0.25) is 0 Å². The van der Waals surface area contributed by atoms with Crippen LogP contribution in [-0.4, -0.2) is 16.1 Å². The van der Waals surface area contributed by atoms with Gasteiger partial charge in [0.05, 0.1) is 16.8 Å². The molecule has 254 valence electrons. The van der Waals surface area contributed by atoms with Gasteiger partial charge in [0.15, 0.2) is 5.82 Å². The number of hydrogen-bond donors (Lipinski definition) is 0. The number of rotatable bonds is 4. The van der Waals surface area contributed by atoms with E-state index in [1.54, 1.807) is 0 Å². The van der Waals surface area contributed by atoms with Crippen molar-refractivity contribution in [2.24, 2.45) is 0 Å². The number of fused-ring (bicyclic) bond motifs is 10. The van der Waals surface area contributed by atoms with Crippen LogP contribution >= 0.6 is 0 Å². The summed E-state index contributed by atoms with van der Waals surface area (Å²) in [6.45, 7) is 0. The molecule has 3 aliphatic rings. The lowest BCUT2D eigenvalue weighted by molar-refractivity contribution is 0.205. The number of aromatic nitrogens is 2. The van der Waals surface area contributed by atoms with Crippen LogP contribution in [0.4, 0.5) is 0 Å². The first-order valence-electron chi connectivity index (χ1n) is 18.7. The van der Waals surface area contributed by atoms with Gasteiger partial charge in [0, 0.05) is 28.7 Å². The molecule has 1 spiro atoms. The fourth-order valence-corrected chi connectivity index (χ4v) is 9.10. The molecule has 1 aliphatic heterocycles. The molecule has 54 heavy (non-hydrogen) atoms. The van der Waals surface area contributed by atoms with Gasteiger partial charge in [-0.3, -0.25) is 0 Å². The normalized spacial score (nSPS) is 15.9. The van der Waals surface area contributed by atoms with Gasteiger partial charge < -0.3 is 4.74 Å². The van der Waals surface area contributed by atoms with Gasteiger partial charge in [0.25, 0.3) is 0 Å². The molecule has 3 heteroatoms. The molecule has 0 bridgehead atoms. The van der Waals surface area contributed by atoms with Crippen molar-refractivity contribution >= 4 is 10.8 Å². The quantitative estimate of drug-likeness (QED) is 0.184. The van der Waals surface area contributed by atoms with Crippen LogP contribution in [0.3, 0.4) is 0 Å². The van der Waals surface area contributed by atoms with E-state index in [9.17, 15) is 0 Å². The van der Waals surface area contributed by atoms with Gasteiger partial charge in [-0.1, -0.05) is 170 Å². The maximum absolute atomic E-state index is 6.95. The summed E-state index contributed by atoms with van der Waals surface area (Å²) in [7, 11) is 0. The first kappa shape index (κ1) is 30.8. The molecular formula is C51H34N2O. The Kier molecular flexibility index (Phi) is 6.90. The topological polar surface area (TPSA) is 35.0 Å². The highest BCUT2D eigenvalue weighted by atomic mass is 16.5.